The number of hydrogen-bond acceptors (Lipinski definition) is 2. The molecule has 0 fully saturated rings. The minimum absolute atomic E-state index is 0.292. The van der Waals surface area contributed by atoms with Crippen LogP contribution < -0.4 is 5.32 Å². The Labute approximate surface area is 41.4 Å². The van der Waals surface area contributed by atoms with Crippen molar-refractivity contribution in [2.45, 2.75) is 6.04 Å². The lowest BCUT2D eigenvalue weighted by Gasteiger charge is -1.92. The molecule has 2 radical (unpaired) electrons. The second kappa shape index (κ2) is 1.91. The number of rotatable bonds is 1. The lowest BCUT2D eigenvalue weighted by atomic mass is 10.4. The smallest absolute Gasteiger partial charge is 0.164 e. The van der Waals surface area contributed by atoms with Crippen LogP contribution in [-0.4, -0.2) is 19.1 Å². The van der Waals surface area contributed by atoms with E-state index in [0.29, 0.717) is 0 Å². The summed E-state index contributed by atoms with van der Waals surface area (Å²) in [5, 5.41) is 2.54. The Kier molecular flexibility index (Phi) is 1.24. The lowest BCUT2D eigenvalue weighted by Crippen LogP contribution is -2.09. The third-order valence-electron chi connectivity index (χ3n) is 0.729. The van der Waals surface area contributed by atoms with E-state index in [4.69, 9.17) is 0 Å². The first-order valence-corrected chi connectivity index (χ1v) is 2.03. The third kappa shape index (κ3) is 0.885. The third-order valence-corrected chi connectivity index (χ3v) is 0.729. The predicted octanol–water partition coefficient (Wildman–Crippen LogP) is -0.00521. The fourth-order valence-corrected chi connectivity index (χ4v) is 0.370. The van der Waals surface area contributed by atoms with Gasteiger partial charge in [-0.1, -0.05) is 0 Å². The maximum Gasteiger partial charge on any atom is 0.164 e. The molecule has 0 aromatic carbocycles. The lowest BCUT2D eigenvalue weighted by molar-refractivity contribution is 0.457. The number of nitrogens with one attached hydrogen (secondary N) is 1. The SMILES string of the molecule is FCC1[CH]N[C]=N1. The Bertz CT molecular complexity index is 81.8. The fraction of sp³-hybridized carbons (Fsp3) is 0.500. The van der Waals surface area contributed by atoms with Crippen molar-refractivity contribution in [3.8, 4) is 0 Å². The van der Waals surface area contributed by atoms with Crippen LogP contribution in [0, 0.1) is 6.54 Å². The zero-order chi connectivity index (χ0) is 5.11. The minimum Gasteiger partial charge on any atom is -0.360 e. The van der Waals surface area contributed by atoms with Crippen LogP contribution in [0.2, 0.25) is 0 Å². The van der Waals surface area contributed by atoms with Crippen molar-refractivity contribution in [1.82, 2.24) is 5.32 Å². The highest BCUT2D eigenvalue weighted by Gasteiger charge is 2.08. The minimum atomic E-state index is -0.431. The van der Waals surface area contributed by atoms with E-state index in [2.05, 4.69) is 16.6 Å². The van der Waals surface area contributed by atoms with Crippen LogP contribution in [-0.2, 0) is 0 Å². The van der Waals surface area contributed by atoms with Crippen LogP contribution in [0.5, 0.6) is 0 Å². The summed E-state index contributed by atoms with van der Waals surface area (Å²) in [4.78, 5) is 3.56. The van der Waals surface area contributed by atoms with Gasteiger partial charge in [0.15, 0.2) is 6.34 Å². The van der Waals surface area contributed by atoms with Crippen LogP contribution in [0.4, 0.5) is 4.39 Å². The van der Waals surface area contributed by atoms with Gasteiger partial charge in [0.1, 0.15) is 12.7 Å². The zero-order valence-electron chi connectivity index (χ0n) is 3.69. The maximum absolute atomic E-state index is 11.5. The van der Waals surface area contributed by atoms with Gasteiger partial charge in [-0.2, -0.15) is 0 Å². The van der Waals surface area contributed by atoms with E-state index in [1.165, 1.54) is 0 Å². The summed E-state index contributed by atoms with van der Waals surface area (Å²) >= 11 is 0. The summed E-state index contributed by atoms with van der Waals surface area (Å²) in [6.07, 6.45) is 2.40. The molecule has 0 spiro atoms. The first kappa shape index (κ1) is 4.56. The van der Waals surface area contributed by atoms with E-state index >= 15 is 0 Å². The molecule has 38 valence electrons. The first-order valence-electron chi connectivity index (χ1n) is 2.03. The summed E-state index contributed by atoms with van der Waals surface area (Å²) < 4.78 is 11.5. The molecule has 0 aromatic heterocycles. The van der Waals surface area contributed by atoms with E-state index in [9.17, 15) is 4.39 Å². The number of nitrogens with zero attached hydrogens (tertiary/aromatic N) is 1. The van der Waals surface area contributed by atoms with Crippen LogP contribution in [0.1, 0.15) is 0 Å². The van der Waals surface area contributed by atoms with E-state index < -0.39 is 6.67 Å². The molecule has 0 bridgehead atoms. The molecule has 1 rings (SSSR count). The highest BCUT2D eigenvalue weighted by atomic mass is 19.1. The van der Waals surface area contributed by atoms with Gasteiger partial charge in [0.05, 0.1) is 6.54 Å². The van der Waals surface area contributed by atoms with E-state index in [0.717, 1.165) is 0 Å². The Morgan fingerprint density at radius 3 is 3.14 bits per heavy atom. The fourth-order valence-electron chi connectivity index (χ4n) is 0.370. The average Bonchev–Trinajstić information content (AvgIpc) is 2.14. The second-order valence-electron chi connectivity index (χ2n) is 1.27. The maximum atomic E-state index is 11.5. The average molecular weight is 100 g/mol. The molecule has 7 heavy (non-hydrogen) atoms. The van der Waals surface area contributed by atoms with Gasteiger partial charge < -0.3 is 5.32 Å². The topological polar surface area (TPSA) is 24.4 Å². The van der Waals surface area contributed by atoms with Crippen LogP contribution >= 0.6 is 0 Å². The number of hydrogen-bond donors (Lipinski definition) is 1. The molecule has 1 aliphatic rings. The van der Waals surface area contributed by atoms with Crippen molar-refractivity contribution in [2.75, 3.05) is 6.67 Å². The molecule has 1 aliphatic heterocycles. The number of alkyl halides is 1. The highest BCUT2D eigenvalue weighted by Crippen LogP contribution is 1.96. The molecule has 0 aliphatic carbocycles. The monoisotopic (exact) mass is 100 g/mol. The summed E-state index contributed by atoms with van der Waals surface area (Å²) in [6, 6.07) is -0.292. The Morgan fingerprint density at radius 2 is 2.86 bits per heavy atom. The molecule has 0 amide bonds. The Balaban J connectivity index is 2.28. The highest BCUT2D eigenvalue weighted by molar-refractivity contribution is 5.58. The summed E-state index contributed by atoms with van der Waals surface area (Å²) in [6.45, 7) is 1.12. The Morgan fingerprint density at radius 1 is 2.00 bits per heavy atom. The van der Waals surface area contributed by atoms with Gasteiger partial charge in [-0.25, -0.2) is 4.39 Å². The van der Waals surface area contributed by atoms with Gasteiger partial charge in [0.2, 0.25) is 0 Å². The zero-order valence-corrected chi connectivity index (χ0v) is 3.69. The normalized spacial score (nSPS) is 27.9. The van der Waals surface area contributed by atoms with Gasteiger partial charge in [-0.3, -0.25) is 4.99 Å². The molecule has 1 N–H and O–H groups in total. The predicted molar refractivity (Wildman–Crippen MR) is 24.6 cm³/mol. The van der Waals surface area contributed by atoms with E-state index in [-0.39, 0.29) is 6.04 Å². The summed E-state index contributed by atoms with van der Waals surface area (Å²) in [7, 11) is 0. The second-order valence-corrected chi connectivity index (χ2v) is 1.27. The van der Waals surface area contributed by atoms with Gasteiger partial charge in [-0.15, -0.1) is 0 Å². The molecule has 2 nitrogen and oxygen atoms in total. The van der Waals surface area contributed by atoms with Crippen molar-refractivity contribution in [3.05, 3.63) is 6.54 Å². The molecular formula is C4H5FN2. The van der Waals surface area contributed by atoms with Crippen LogP contribution in [0.15, 0.2) is 4.99 Å². The molecule has 0 saturated carbocycles. The van der Waals surface area contributed by atoms with Crippen molar-refractivity contribution in [1.29, 1.82) is 0 Å². The molecule has 1 heterocycles. The van der Waals surface area contributed by atoms with Gasteiger partial charge in [0.25, 0.3) is 0 Å². The van der Waals surface area contributed by atoms with Crippen molar-refractivity contribution in [2.24, 2.45) is 4.99 Å². The van der Waals surface area contributed by atoms with Crippen molar-refractivity contribution >= 4 is 6.34 Å². The largest absolute Gasteiger partial charge is 0.360 e. The number of halogens is 1. The van der Waals surface area contributed by atoms with E-state index in [1.54, 1.807) is 6.54 Å². The standard InChI is InChI=1S/C4H5FN2/c5-1-4-2-6-3-7-4/h2,4H,1H2,(H,6,7). The molecule has 1 unspecified atom stereocenters. The van der Waals surface area contributed by atoms with Gasteiger partial charge >= 0.3 is 0 Å². The van der Waals surface area contributed by atoms with Crippen LogP contribution in [0.25, 0.3) is 0 Å². The van der Waals surface area contributed by atoms with Crippen molar-refractivity contribution < 1.29 is 4.39 Å². The van der Waals surface area contributed by atoms with Crippen LogP contribution in [0.3, 0.4) is 0 Å². The van der Waals surface area contributed by atoms with E-state index in [1.807, 2.05) is 0 Å². The van der Waals surface area contributed by atoms with Gasteiger partial charge in [-0.05, 0) is 0 Å². The molecular weight excluding hydrogens is 95.1 g/mol. The number of aliphatic imine (C=N–C) groups is 1. The van der Waals surface area contributed by atoms with Gasteiger partial charge in [0, 0.05) is 0 Å². The summed E-state index contributed by atoms with van der Waals surface area (Å²) in [5.74, 6) is 0. The summed E-state index contributed by atoms with van der Waals surface area (Å²) in [5.41, 5.74) is 0. The Hall–Kier alpha value is -0.600. The quantitative estimate of drug-likeness (QED) is 0.492. The first-order chi connectivity index (χ1) is 3.43. The molecule has 1 atom stereocenters. The molecule has 0 aromatic rings. The molecule has 0 saturated heterocycles. The van der Waals surface area contributed by atoms with Crippen molar-refractivity contribution in [3.63, 3.8) is 0 Å². The molecule has 3 heteroatoms.